The number of alkyl carbamates (subject to hydrolysis) is 1. The van der Waals surface area contributed by atoms with Crippen molar-refractivity contribution in [2.75, 3.05) is 26.9 Å². The zero-order valence-corrected chi connectivity index (χ0v) is 14.5. The lowest BCUT2D eigenvalue weighted by Crippen LogP contribution is -2.45. The molecule has 0 bridgehead atoms. The molecule has 1 amide bonds. The number of amides is 1. The maximum absolute atomic E-state index is 11.8. The predicted octanol–water partition coefficient (Wildman–Crippen LogP) is 2.96. The van der Waals surface area contributed by atoms with Gasteiger partial charge in [0.1, 0.15) is 5.60 Å². The Hall–Kier alpha value is -0.810. The van der Waals surface area contributed by atoms with E-state index in [2.05, 4.69) is 19.2 Å². The topological polar surface area (TPSA) is 67.8 Å². The van der Waals surface area contributed by atoms with E-state index >= 15 is 0 Å². The second kappa shape index (κ2) is 9.26. The molecule has 1 unspecified atom stereocenters. The summed E-state index contributed by atoms with van der Waals surface area (Å²) in [6.07, 6.45) is 2.33. The van der Waals surface area contributed by atoms with E-state index in [1.165, 1.54) is 0 Å². The minimum Gasteiger partial charge on any atom is -0.444 e. The highest BCUT2D eigenvalue weighted by molar-refractivity contribution is 5.67. The van der Waals surface area contributed by atoms with Crippen molar-refractivity contribution < 1.29 is 19.4 Å². The molecule has 0 aliphatic heterocycles. The van der Waals surface area contributed by atoms with Gasteiger partial charge in [-0.3, -0.25) is 0 Å². The van der Waals surface area contributed by atoms with Gasteiger partial charge in [0, 0.05) is 25.7 Å². The third kappa shape index (κ3) is 8.27. The van der Waals surface area contributed by atoms with Gasteiger partial charge in [-0.1, -0.05) is 20.3 Å². The molecule has 1 atom stereocenters. The average molecular weight is 303 g/mol. The second-order valence-corrected chi connectivity index (χ2v) is 6.98. The molecule has 0 spiro atoms. The number of aliphatic hydroxyl groups excluding tert-OH is 1. The fourth-order valence-corrected chi connectivity index (χ4v) is 2.18. The first kappa shape index (κ1) is 20.2. The summed E-state index contributed by atoms with van der Waals surface area (Å²) < 4.78 is 10.3. The summed E-state index contributed by atoms with van der Waals surface area (Å²) >= 11 is 0. The maximum Gasteiger partial charge on any atom is 0.407 e. The van der Waals surface area contributed by atoms with E-state index in [-0.39, 0.29) is 17.9 Å². The number of nitrogens with one attached hydrogen (secondary N) is 1. The highest BCUT2D eigenvalue weighted by Gasteiger charge is 2.33. The molecular formula is C16H33NO4. The number of methoxy groups -OCH3 is 1. The maximum atomic E-state index is 11.8. The van der Waals surface area contributed by atoms with Crippen LogP contribution >= 0.6 is 0 Å². The molecule has 0 aromatic heterocycles. The van der Waals surface area contributed by atoms with Crippen molar-refractivity contribution in [2.24, 2.45) is 11.3 Å². The van der Waals surface area contributed by atoms with Crippen molar-refractivity contribution in [3.05, 3.63) is 0 Å². The Balaban J connectivity index is 4.51. The monoisotopic (exact) mass is 303 g/mol. The number of ether oxygens (including phenoxy) is 2. The van der Waals surface area contributed by atoms with E-state index in [0.29, 0.717) is 6.54 Å². The van der Waals surface area contributed by atoms with Crippen molar-refractivity contribution in [3.63, 3.8) is 0 Å². The number of aliphatic hydroxyl groups is 1. The van der Waals surface area contributed by atoms with E-state index in [4.69, 9.17) is 9.47 Å². The summed E-state index contributed by atoms with van der Waals surface area (Å²) in [4.78, 5) is 11.8. The van der Waals surface area contributed by atoms with Crippen molar-refractivity contribution in [2.45, 2.75) is 59.5 Å². The van der Waals surface area contributed by atoms with Crippen molar-refractivity contribution in [1.82, 2.24) is 5.32 Å². The minimum absolute atomic E-state index is 0.0491. The lowest BCUT2D eigenvalue weighted by molar-refractivity contribution is 0.0352. The van der Waals surface area contributed by atoms with Crippen LogP contribution in [0.1, 0.15) is 53.9 Å². The summed E-state index contributed by atoms with van der Waals surface area (Å²) in [6.45, 7) is 10.8. The minimum atomic E-state index is -0.512. The molecule has 0 aliphatic rings. The fraction of sp³-hybridized carbons (Fsp3) is 0.938. The van der Waals surface area contributed by atoms with E-state index in [0.717, 1.165) is 25.9 Å². The second-order valence-electron chi connectivity index (χ2n) is 6.98. The first-order valence-electron chi connectivity index (χ1n) is 7.73. The highest BCUT2D eigenvalue weighted by Crippen LogP contribution is 2.32. The van der Waals surface area contributed by atoms with Gasteiger partial charge >= 0.3 is 6.09 Å². The molecule has 2 N–H and O–H groups in total. The van der Waals surface area contributed by atoms with Gasteiger partial charge in [-0.2, -0.15) is 0 Å². The molecule has 0 heterocycles. The number of hydrogen-bond acceptors (Lipinski definition) is 4. The standard InChI is InChI=1S/C16H33NO4/c1-13(2)16(12-18,9-7-8-10-20-6)11-17-14(19)21-15(3,4)5/h13,18H,7-12H2,1-6H3,(H,17,19). The van der Waals surface area contributed by atoms with Crippen molar-refractivity contribution in [1.29, 1.82) is 0 Å². The Bertz CT molecular complexity index is 299. The van der Waals surface area contributed by atoms with Crippen molar-refractivity contribution in [3.8, 4) is 0 Å². The quantitative estimate of drug-likeness (QED) is 0.643. The van der Waals surface area contributed by atoms with E-state index in [1.807, 2.05) is 20.8 Å². The van der Waals surface area contributed by atoms with Crippen LogP contribution in [0.25, 0.3) is 0 Å². The molecule has 21 heavy (non-hydrogen) atoms. The smallest absolute Gasteiger partial charge is 0.407 e. The Labute approximate surface area is 129 Å². The molecular weight excluding hydrogens is 270 g/mol. The number of rotatable bonds is 9. The average Bonchev–Trinajstić information content (AvgIpc) is 2.36. The number of unbranched alkanes of at least 4 members (excludes halogenated alkanes) is 1. The summed E-state index contributed by atoms with van der Waals surface area (Å²) in [5.74, 6) is 0.264. The van der Waals surface area contributed by atoms with Crippen LogP contribution in [-0.4, -0.2) is 43.7 Å². The van der Waals surface area contributed by atoms with Gasteiger partial charge in [0.15, 0.2) is 0 Å². The zero-order valence-electron chi connectivity index (χ0n) is 14.5. The highest BCUT2D eigenvalue weighted by atomic mass is 16.6. The van der Waals surface area contributed by atoms with E-state index in [1.54, 1.807) is 7.11 Å². The van der Waals surface area contributed by atoms with Gasteiger partial charge < -0.3 is 19.9 Å². The van der Waals surface area contributed by atoms with Crippen molar-refractivity contribution >= 4 is 6.09 Å². The van der Waals surface area contributed by atoms with E-state index < -0.39 is 11.7 Å². The molecule has 0 rings (SSSR count). The Morgan fingerprint density at radius 1 is 1.24 bits per heavy atom. The zero-order chi connectivity index (χ0) is 16.5. The summed E-state index contributed by atoms with van der Waals surface area (Å²) in [7, 11) is 1.69. The van der Waals surface area contributed by atoms with Crippen LogP contribution in [0.5, 0.6) is 0 Å². The molecule has 5 nitrogen and oxygen atoms in total. The third-order valence-corrected chi connectivity index (χ3v) is 3.80. The predicted molar refractivity (Wildman–Crippen MR) is 84.3 cm³/mol. The van der Waals surface area contributed by atoms with Gasteiger partial charge in [-0.25, -0.2) is 4.79 Å². The van der Waals surface area contributed by atoms with Crippen LogP contribution in [0.2, 0.25) is 0 Å². The molecule has 0 aromatic carbocycles. The molecule has 0 fully saturated rings. The number of carbonyl (C=O) groups is 1. The van der Waals surface area contributed by atoms with Gasteiger partial charge in [0.2, 0.25) is 0 Å². The SMILES string of the molecule is COCCCCC(CO)(CNC(=O)OC(C)(C)C)C(C)C. The van der Waals surface area contributed by atoms with Gasteiger partial charge in [-0.15, -0.1) is 0 Å². The van der Waals surface area contributed by atoms with Crippen LogP contribution in [0.3, 0.4) is 0 Å². The van der Waals surface area contributed by atoms with Crippen LogP contribution < -0.4 is 5.32 Å². The Morgan fingerprint density at radius 2 is 1.86 bits per heavy atom. The largest absolute Gasteiger partial charge is 0.444 e. The van der Waals surface area contributed by atoms with E-state index in [9.17, 15) is 9.90 Å². The number of carbonyl (C=O) groups excluding carboxylic acids is 1. The molecule has 0 saturated heterocycles. The molecule has 0 aliphatic carbocycles. The Morgan fingerprint density at radius 3 is 2.29 bits per heavy atom. The molecule has 126 valence electrons. The third-order valence-electron chi connectivity index (χ3n) is 3.80. The first-order valence-corrected chi connectivity index (χ1v) is 7.73. The van der Waals surface area contributed by atoms with Gasteiger partial charge in [0.05, 0.1) is 6.61 Å². The molecule has 0 saturated carbocycles. The van der Waals surface area contributed by atoms with Crippen LogP contribution in [0.4, 0.5) is 4.79 Å². The fourth-order valence-electron chi connectivity index (χ4n) is 2.18. The first-order chi connectivity index (χ1) is 9.67. The van der Waals surface area contributed by atoms with Crippen LogP contribution in [0.15, 0.2) is 0 Å². The van der Waals surface area contributed by atoms with Gasteiger partial charge in [0.25, 0.3) is 0 Å². The lowest BCUT2D eigenvalue weighted by Gasteiger charge is -2.36. The lowest BCUT2D eigenvalue weighted by atomic mass is 9.74. The molecule has 0 radical (unpaired) electrons. The molecule has 0 aromatic rings. The van der Waals surface area contributed by atoms with Crippen LogP contribution in [0, 0.1) is 11.3 Å². The summed E-state index contributed by atoms with van der Waals surface area (Å²) in [6, 6.07) is 0. The summed E-state index contributed by atoms with van der Waals surface area (Å²) in [5, 5.41) is 12.6. The van der Waals surface area contributed by atoms with Crippen LogP contribution in [-0.2, 0) is 9.47 Å². The Kier molecular flexibility index (Phi) is 8.90. The normalized spacial score (nSPS) is 14.9. The number of hydrogen-bond donors (Lipinski definition) is 2. The summed E-state index contributed by atoms with van der Waals surface area (Å²) in [5.41, 5.74) is -0.826. The van der Waals surface area contributed by atoms with Gasteiger partial charge in [-0.05, 0) is 39.5 Å². The molecule has 5 heteroatoms.